The zero-order valence-corrected chi connectivity index (χ0v) is 18.0. The molecular formula is C20H13Cl2N5O3S. The van der Waals surface area contributed by atoms with Crippen LogP contribution in [-0.2, 0) is 4.79 Å². The van der Waals surface area contributed by atoms with Gasteiger partial charge in [-0.15, -0.1) is 10.2 Å². The molecule has 0 unspecified atom stereocenters. The largest absolute Gasteiger partial charge is 0.454 e. The quantitative estimate of drug-likeness (QED) is 0.424. The predicted octanol–water partition coefficient (Wildman–Crippen LogP) is 4.56. The third-order valence-electron chi connectivity index (χ3n) is 4.44. The molecule has 5 rings (SSSR count). The molecule has 2 aromatic heterocycles. The van der Waals surface area contributed by atoms with Crippen LogP contribution in [0, 0.1) is 0 Å². The van der Waals surface area contributed by atoms with Crippen LogP contribution in [-0.4, -0.2) is 38.3 Å². The van der Waals surface area contributed by atoms with Crippen LogP contribution in [0.25, 0.3) is 16.9 Å². The molecule has 8 nitrogen and oxygen atoms in total. The molecule has 0 radical (unpaired) electrons. The first-order chi connectivity index (χ1) is 15.1. The van der Waals surface area contributed by atoms with Crippen LogP contribution in [0.1, 0.15) is 0 Å². The van der Waals surface area contributed by atoms with Gasteiger partial charge in [0.2, 0.25) is 17.9 Å². The van der Waals surface area contributed by atoms with Crippen molar-refractivity contribution >= 4 is 52.2 Å². The number of amides is 1. The lowest BCUT2D eigenvalue weighted by atomic mass is 10.1. The Hall–Kier alpha value is -3.01. The number of nitrogens with one attached hydrogen (secondary N) is 1. The second kappa shape index (κ2) is 8.26. The second-order valence-electron chi connectivity index (χ2n) is 6.50. The van der Waals surface area contributed by atoms with Crippen molar-refractivity contribution in [1.82, 2.24) is 19.8 Å². The lowest BCUT2D eigenvalue weighted by Crippen LogP contribution is -2.14. The number of aromatic nitrogens is 4. The van der Waals surface area contributed by atoms with Crippen LogP contribution >= 0.6 is 35.0 Å². The molecular weight excluding hydrogens is 461 g/mol. The Morgan fingerprint density at radius 2 is 1.90 bits per heavy atom. The van der Waals surface area contributed by atoms with Crippen LogP contribution in [0.5, 0.6) is 11.5 Å². The standard InChI is InChI=1S/C20H13Cl2N5O3S/c21-13-3-2-12(8-14(13)22)23-19(28)9-31-20-25-24-18-6-4-15(26-27(18)20)11-1-5-16-17(7-11)30-10-29-16/h1-8H,9-10H2,(H,23,28). The van der Waals surface area contributed by atoms with E-state index in [1.807, 2.05) is 30.3 Å². The van der Waals surface area contributed by atoms with Gasteiger partial charge in [-0.2, -0.15) is 9.61 Å². The summed E-state index contributed by atoms with van der Waals surface area (Å²) in [4.78, 5) is 12.3. The highest BCUT2D eigenvalue weighted by molar-refractivity contribution is 7.99. The number of anilines is 1. The Morgan fingerprint density at radius 1 is 1.03 bits per heavy atom. The molecule has 0 saturated carbocycles. The van der Waals surface area contributed by atoms with Crippen molar-refractivity contribution in [2.75, 3.05) is 17.9 Å². The number of carbonyl (C=O) groups is 1. The van der Waals surface area contributed by atoms with Gasteiger partial charge in [0.15, 0.2) is 17.1 Å². The van der Waals surface area contributed by atoms with Crippen molar-refractivity contribution in [3.63, 3.8) is 0 Å². The molecule has 11 heteroatoms. The first kappa shape index (κ1) is 19.9. The third kappa shape index (κ3) is 4.12. The van der Waals surface area contributed by atoms with Crippen LogP contribution in [0.2, 0.25) is 10.0 Å². The van der Waals surface area contributed by atoms with Crippen molar-refractivity contribution in [3.8, 4) is 22.8 Å². The Bertz CT molecular complexity index is 1310. The van der Waals surface area contributed by atoms with Gasteiger partial charge < -0.3 is 14.8 Å². The van der Waals surface area contributed by atoms with Gasteiger partial charge in [0.05, 0.1) is 21.5 Å². The van der Waals surface area contributed by atoms with Gasteiger partial charge in [0.1, 0.15) is 0 Å². The minimum atomic E-state index is -0.216. The number of hydrogen-bond donors (Lipinski definition) is 1. The summed E-state index contributed by atoms with van der Waals surface area (Å²) in [6.45, 7) is 0.210. The van der Waals surface area contributed by atoms with Gasteiger partial charge in [-0.05, 0) is 48.5 Å². The highest BCUT2D eigenvalue weighted by Crippen LogP contribution is 2.35. The number of hydrogen-bond acceptors (Lipinski definition) is 7. The molecule has 0 spiro atoms. The van der Waals surface area contributed by atoms with E-state index < -0.39 is 0 Å². The number of halogens is 2. The zero-order chi connectivity index (χ0) is 21.4. The summed E-state index contributed by atoms with van der Waals surface area (Å²) >= 11 is 13.1. The fraction of sp³-hybridized carbons (Fsp3) is 0.100. The average molecular weight is 474 g/mol. The summed E-state index contributed by atoms with van der Waals surface area (Å²) in [7, 11) is 0. The molecule has 2 aromatic carbocycles. The highest BCUT2D eigenvalue weighted by atomic mass is 35.5. The summed E-state index contributed by atoms with van der Waals surface area (Å²) in [6.07, 6.45) is 0. The first-order valence-electron chi connectivity index (χ1n) is 9.07. The number of fused-ring (bicyclic) bond motifs is 2. The monoisotopic (exact) mass is 473 g/mol. The molecule has 3 heterocycles. The molecule has 0 bridgehead atoms. The normalized spacial score (nSPS) is 12.3. The second-order valence-corrected chi connectivity index (χ2v) is 8.26. The zero-order valence-electron chi connectivity index (χ0n) is 15.7. The molecule has 1 N–H and O–H groups in total. The Morgan fingerprint density at radius 3 is 2.77 bits per heavy atom. The van der Waals surface area contributed by atoms with E-state index in [2.05, 4.69) is 20.6 Å². The summed E-state index contributed by atoms with van der Waals surface area (Å²) in [5, 5.41) is 17.0. The van der Waals surface area contributed by atoms with Crippen molar-refractivity contribution in [2.24, 2.45) is 0 Å². The van der Waals surface area contributed by atoms with E-state index in [0.717, 1.165) is 5.56 Å². The van der Waals surface area contributed by atoms with Crippen LogP contribution in [0.3, 0.4) is 0 Å². The molecule has 156 valence electrons. The van der Waals surface area contributed by atoms with Gasteiger partial charge in [-0.25, -0.2) is 0 Å². The molecule has 0 atom stereocenters. The Labute approximate surface area is 190 Å². The van der Waals surface area contributed by atoms with Gasteiger partial charge in [-0.1, -0.05) is 35.0 Å². The number of thioether (sulfide) groups is 1. The van der Waals surface area contributed by atoms with Crippen molar-refractivity contribution in [2.45, 2.75) is 5.16 Å². The molecule has 0 fully saturated rings. The van der Waals surface area contributed by atoms with E-state index in [-0.39, 0.29) is 18.5 Å². The first-order valence-corrected chi connectivity index (χ1v) is 10.8. The van der Waals surface area contributed by atoms with E-state index in [0.29, 0.717) is 43.7 Å². The minimum Gasteiger partial charge on any atom is -0.454 e. The van der Waals surface area contributed by atoms with Gasteiger partial charge in [-0.3, -0.25) is 4.79 Å². The number of benzene rings is 2. The summed E-state index contributed by atoms with van der Waals surface area (Å²) in [5.41, 5.74) is 2.73. The molecule has 31 heavy (non-hydrogen) atoms. The Kier molecular flexibility index (Phi) is 5.31. The van der Waals surface area contributed by atoms with E-state index in [1.54, 1.807) is 22.7 Å². The molecule has 1 aliphatic rings. The number of carbonyl (C=O) groups excluding carboxylic acids is 1. The predicted molar refractivity (Wildman–Crippen MR) is 118 cm³/mol. The van der Waals surface area contributed by atoms with Crippen LogP contribution in [0.15, 0.2) is 53.7 Å². The SMILES string of the molecule is O=C(CSc1nnc2ccc(-c3ccc4c(c3)OCO4)nn12)Nc1ccc(Cl)c(Cl)c1. The molecule has 0 aliphatic carbocycles. The average Bonchev–Trinajstić information content (AvgIpc) is 3.40. The third-order valence-corrected chi connectivity index (χ3v) is 6.10. The van der Waals surface area contributed by atoms with Crippen molar-refractivity contribution < 1.29 is 14.3 Å². The lowest BCUT2D eigenvalue weighted by Gasteiger charge is -2.06. The smallest absolute Gasteiger partial charge is 0.234 e. The molecule has 1 amide bonds. The van der Waals surface area contributed by atoms with Gasteiger partial charge in [0.25, 0.3) is 0 Å². The van der Waals surface area contributed by atoms with Gasteiger partial charge in [0, 0.05) is 11.3 Å². The Balaban J connectivity index is 1.32. The van der Waals surface area contributed by atoms with Crippen molar-refractivity contribution in [1.29, 1.82) is 0 Å². The van der Waals surface area contributed by atoms with Crippen LogP contribution < -0.4 is 14.8 Å². The van der Waals surface area contributed by atoms with Crippen LogP contribution in [0.4, 0.5) is 5.69 Å². The molecule has 0 saturated heterocycles. The summed E-state index contributed by atoms with van der Waals surface area (Å²) in [6, 6.07) is 14.2. The molecule has 4 aromatic rings. The van der Waals surface area contributed by atoms with Crippen molar-refractivity contribution in [3.05, 3.63) is 58.6 Å². The number of nitrogens with zero attached hydrogens (tertiary/aromatic N) is 4. The van der Waals surface area contributed by atoms with E-state index in [9.17, 15) is 4.79 Å². The van der Waals surface area contributed by atoms with Gasteiger partial charge >= 0.3 is 0 Å². The minimum absolute atomic E-state index is 0.122. The number of ether oxygens (including phenoxy) is 2. The number of rotatable bonds is 5. The highest BCUT2D eigenvalue weighted by Gasteiger charge is 2.16. The van der Waals surface area contributed by atoms with E-state index in [1.165, 1.54) is 11.8 Å². The fourth-order valence-corrected chi connectivity index (χ4v) is 3.96. The summed E-state index contributed by atoms with van der Waals surface area (Å²) < 4.78 is 12.4. The lowest BCUT2D eigenvalue weighted by molar-refractivity contribution is -0.113. The maximum Gasteiger partial charge on any atom is 0.234 e. The topological polar surface area (TPSA) is 90.6 Å². The van der Waals surface area contributed by atoms with E-state index >= 15 is 0 Å². The maximum absolute atomic E-state index is 12.3. The molecule has 1 aliphatic heterocycles. The maximum atomic E-state index is 12.3. The van der Waals surface area contributed by atoms with E-state index in [4.69, 9.17) is 32.7 Å². The fourth-order valence-electron chi connectivity index (χ4n) is 2.97. The summed E-state index contributed by atoms with van der Waals surface area (Å²) in [5.74, 6) is 1.29.